The summed E-state index contributed by atoms with van der Waals surface area (Å²) >= 11 is 0. The molecule has 26 heavy (non-hydrogen) atoms. The third kappa shape index (κ3) is 4.40. The number of allylic oxidation sites excluding steroid dienone is 6. The standard InChI is InChI=1S/C26H36/c1-3-5-7-11-23-14-18-25(19-15-23)26(20-8-6-9-21-26)24-16-12-22(10-4-2)13-17-24/h3,5-6,8-9,12-13,16-17,20,23,25H,4,7,10-11,14-15,18-19,21H2,1-2H3. The number of aryl methyl sites for hydroxylation is 1. The average Bonchev–Trinajstić information content (AvgIpc) is 2.70. The molecule has 0 heteroatoms. The van der Waals surface area contributed by atoms with Crippen molar-refractivity contribution in [3.8, 4) is 0 Å². The second-order valence-corrected chi connectivity index (χ2v) is 8.34. The van der Waals surface area contributed by atoms with Crippen LogP contribution in [-0.4, -0.2) is 0 Å². The predicted molar refractivity (Wildman–Crippen MR) is 115 cm³/mol. The molecule has 1 aromatic carbocycles. The van der Waals surface area contributed by atoms with E-state index in [1.54, 1.807) is 0 Å². The van der Waals surface area contributed by atoms with E-state index < -0.39 is 0 Å². The second kappa shape index (κ2) is 9.40. The molecule has 2 aliphatic rings. The van der Waals surface area contributed by atoms with Gasteiger partial charge in [-0.2, -0.15) is 0 Å². The normalized spacial score (nSPS) is 28.7. The van der Waals surface area contributed by atoms with E-state index in [4.69, 9.17) is 0 Å². The Morgan fingerprint density at radius 1 is 1.04 bits per heavy atom. The molecular formula is C26H36. The minimum atomic E-state index is 0.230. The van der Waals surface area contributed by atoms with E-state index >= 15 is 0 Å². The highest BCUT2D eigenvalue weighted by Crippen LogP contribution is 2.47. The highest BCUT2D eigenvalue weighted by atomic mass is 14.4. The molecule has 1 aromatic rings. The lowest BCUT2D eigenvalue weighted by Crippen LogP contribution is -2.36. The minimum Gasteiger partial charge on any atom is -0.0917 e. The summed E-state index contributed by atoms with van der Waals surface area (Å²) < 4.78 is 0. The zero-order valence-electron chi connectivity index (χ0n) is 16.8. The number of hydrogen-bond donors (Lipinski definition) is 0. The topological polar surface area (TPSA) is 0 Å². The van der Waals surface area contributed by atoms with Gasteiger partial charge in [0, 0.05) is 5.41 Å². The lowest BCUT2D eigenvalue weighted by molar-refractivity contribution is 0.195. The summed E-state index contributed by atoms with van der Waals surface area (Å²) in [5.41, 5.74) is 3.25. The molecular weight excluding hydrogens is 312 g/mol. The van der Waals surface area contributed by atoms with Gasteiger partial charge in [0.1, 0.15) is 0 Å². The molecule has 2 aliphatic carbocycles. The molecule has 0 spiro atoms. The number of benzene rings is 1. The fourth-order valence-corrected chi connectivity index (χ4v) is 5.12. The summed E-state index contributed by atoms with van der Waals surface area (Å²) in [6.07, 6.45) is 25.8. The van der Waals surface area contributed by atoms with Gasteiger partial charge in [0.2, 0.25) is 0 Å². The molecule has 0 bridgehead atoms. The maximum atomic E-state index is 2.52. The van der Waals surface area contributed by atoms with E-state index in [2.05, 4.69) is 74.6 Å². The van der Waals surface area contributed by atoms with Crippen molar-refractivity contribution in [1.29, 1.82) is 0 Å². The molecule has 1 saturated carbocycles. The van der Waals surface area contributed by atoms with Crippen molar-refractivity contribution in [1.82, 2.24) is 0 Å². The fourth-order valence-electron chi connectivity index (χ4n) is 5.12. The number of hydrogen-bond acceptors (Lipinski definition) is 0. The van der Waals surface area contributed by atoms with Crippen LogP contribution in [0.25, 0.3) is 0 Å². The van der Waals surface area contributed by atoms with Gasteiger partial charge in [0.05, 0.1) is 0 Å². The molecule has 0 N–H and O–H groups in total. The quantitative estimate of drug-likeness (QED) is 0.446. The summed E-state index contributed by atoms with van der Waals surface area (Å²) in [6.45, 7) is 4.40. The molecule has 140 valence electrons. The smallest absolute Gasteiger partial charge is 0.0198 e. The summed E-state index contributed by atoms with van der Waals surface area (Å²) in [5.74, 6) is 1.73. The summed E-state index contributed by atoms with van der Waals surface area (Å²) in [7, 11) is 0. The zero-order valence-corrected chi connectivity index (χ0v) is 16.8. The van der Waals surface area contributed by atoms with Crippen LogP contribution in [0.1, 0.15) is 76.3 Å². The zero-order chi connectivity index (χ0) is 18.2. The first-order valence-corrected chi connectivity index (χ1v) is 10.8. The van der Waals surface area contributed by atoms with Gasteiger partial charge < -0.3 is 0 Å². The molecule has 0 aliphatic heterocycles. The average molecular weight is 349 g/mol. The molecule has 0 saturated heterocycles. The van der Waals surface area contributed by atoms with Gasteiger partial charge in [-0.05, 0) is 68.4 Å². The van der Waals surface area contributed by atoms with Crippen molar-refractivity contribution >= 4 is 0 Å². The molecule has 3 rings (SSSR count). The van der Waals surface area contributed by atoms with Crippen molar-refractivity contribution in [2.24, 2.45) is 11.8 Å². The van der Waals surface area contributed by atoms with Gasteiger partial charge in [0.15, 0.2) is 0 Å². The van der Waals surface area contributed by atoms with E-state index in [9.17, 15) is 0 Å². The van der Waals surface area contributed by atoms with Crippen LogP contribution in [0.2, 0.25) is 0 Å². The van der Waals surface area contributed by atoms with Gasteiger partial charge in [-0.3, -0.25) is 0 Å². The van der Waals surface area contributed by atoms with Crippen LogP contribution in [-0.2, 0) is 11.8 Å². The van der Waals surface area contributed by atoms with Gasteiger partial charge in [0.25, 0.3) is 0 Å². The Balaban J connectivity index is 1.72. The van der Waals surface area contributed by atoms with E-state index in [1.807, 2.05) is 0 Å². The molecule has 0 amide bonds. The Hall–Kier alpha value is -1.56. The summed E-state index contributed by atoms with van der Waals surface area (Å²) in [6, 6.07) is 9.59. The van der Waals surface area contributed by atoms with Gasteiger partial charge >= 0.3 is 0 Å². The van der Waals surface area contributed by atoms with Crippen LogP contribution < -0.4 is 0 Å². The first-order valence-electron chi connectivity index (χ1n) is 10.8. The largest absolute Gasteiger partial charge is 0.0917 e. The Kier molecular flexibility index (Phi) is 6.94. The van der Waals surface area contributed by atoms with Gasteiger partial charge in [-0.25, -0.2) is 0 Å². The maximum Gasteiger partial charge on any atom is 0.0198 e. The van der Waals surface area contributed by atoms with Crippen molar-refractivity contribution in [2.45, 2.75) is 77.0 Å². The van der Waals surface area contributed by atoms with E-state index in [0.29, 0.717) is 0 Å². The molecule has 1 unspecified atom stereocenters. The van der Waals surface area contributed by atoms with Gasteiger partial charge in [-0.15, -0.1) is 0 Å². The first-order chi connectivity index (χ1) is 12.8. The Labute approximate surface area is 161 Å². The van der Waals surface area contributed by atoms with Crippen LogP contribution in [0.15, 0.2) is 60.7 Å². The van der Waals surface area contributed by atoms with Crippen molar-refractivity contribution in [3.05, 3.63) is 71.8 Å². The van der Waals surface area contributed by atoms with Crippen molar-refractivity contribution < 1.29 is 0 Å². The molecule has 1 atom stereocenters. The van der Waals surface area contributed by atoms with Crippen molar-refractivity contribution in [3.63, 3.8) is 0 Å². The van der Waals surface area contributed by atoms with E-state index in [1.165, 1.54) is 68.9 Å². The Morgan fingerprint density at radius 3 is 2.42 bits per heavy atom. The Bertz CT molecular complexity index is 623. The van der Waals surface area contributed by atoms with Crippen LogP contribution in [0.5, 0.6) is 0 Å². The summed E-state index contributed by atoms with van der Waals surface area (Å²) in [4.78, 5) is 0. The monoisotopic (exact) mass is 348 g/mol. The maximum absolute atomic E-state index is 2.52. The summed E-state index contributed by atoms with van der Waals surface area (Å²) in [5, 5.41) is 0. The first kappa shape index (κ1) is 19.2. The Morgan fingerprint density at radius 2 is 1.81 bits per heavy atom. The van der Waals surface area contributed by atoms with Crippen LogP contribution in [0, 0.1) is 11.8 Å². The van der Waals surface area contributed by atoms with Crippen LogP contribution in [0.4, 0.5) is 0 Å². The fraction of sp³-hybridized carbons (Fsp3) is 0.538. The van der Waals surface area contributed by atoms with Crippen LogP contribution >= 0.6 is 0 Å². The molecule has 0 nitrogen and oxygen atoms in total. The van der Waals surface area contributed by atoms with Gasteiger partial charge in [-0.1, -0.05) is 86.9 Å². The van der Waals surface area contributed by atoms with E-state index in [0.717, 1.165) is 11.8 Å². The third-order valence-electron chi connectivity index (χ3n) is 6.68. The third-order valence-corrected chi connectivity index (χ3v) is 6.68. The minimum absolute atomic E-state index is 0.230. The van der Waals surface area contributed by atoms with E-state index in [-0.39, 0.29) is 5.41 Å². The molecule has 0 aromatic heterocycles. The highest BCUT2D eigenvalue weighted by molar-refractivity contribution is 5.38. The second-order valence-electron chi connectivity index (χ2n) is 8.34. The van der Waals surface area contributed by atoms with Crippen LogP contribution in [0.3, 0.4) is 0 Å². The lowest BCUT2D eigenvalue weighted by atomic mass is 9.61. The number of rotatable bonds is 7. The molecule has 0 radical (unpaired) electrons. The van der Waals surface area contributed by atoms with Crippen molar-refractivity contribution in [2.75, 3.05) is 0 Å². The predicted octanol–water partition coefficient (Wildman–Crippen LogP) is 7.56. The highest BCUT2D eigenvalue weighted by Gasteiger charge is 2.39. The molecule has 1 fully saturated rings. The molecule has 0 heterocycles. The SMILES string of the molecule is CC=CCCC1CCC(C2(c3ccc(CCC)cc3)C=CC=CC2)CC1. The lowest BCUT2D eigenvalue weighted by Gasteiger charge is -2.43.